The standard InChI is InChI=1S/C32H38N6O5/c1-34-31(40)30-28(38(32(34)41)13-5-12-35-18-20-42-21-19-35)22-27(33-30)24-8-10-26(11-9-24)43-23-29(39)37-16-14-36(15-17-37)25-6-3-2-4-7-25/h2-4,6-11,22,33H,5,12-21,23H2,1H3. The van der Waals surface area contributed by atoms with Gasteiger partial charge in [-0.25, -0.2) is 4.79 Å². The van der Waals surface area contributed by atoms with Crippen molar-refractivity contribution in [1.29, 1.82) is 0 Å². The van der Waals surface area contributed by atoms with Crippen LogP contribution in [0.1, 0.15) is 6.42 Å². The van der Waals surface area contributed by atoms with E-state index in [-0.39, 0.29) is 23.8 Å². The number of carbonyl (C=O) groups is 1. The number of nitrogens with one attached hydrogen (secondary N) is 1. The first kappa shape index (κ1) is 28.8. The minimum Gasteiger partial charge on any atom is -0.484 e. The number of benzene rings is 2. The minimum absolute atomic E-state index is 0.0240. The number of aromatic nitrogens is 3. The smallest absolute Gasteiger partial charge is 0.331 e. The molecule has 2 fully saturated rings. The van der Waals surface area contributed by atoms with Gasteiger partial charge in [0, 0.05) is 70.8 Å². The molecule has 11 nitrogen and oxygen atoms in total. The minimum atomic E-state index is -0.348. The van der Waals surface area contributed by atoms with Crippen LogP contribution in [0.25, 0.3) is 22.3 Å². The van der Waals surface area contributed by atoms with E-state index in [9.17, 15) is 14.4 Å². The van der Waals surface area contributed by atoms with E-state index in [0.717, 1.165) is 68.2 Å². The monoisotopic (exact) mass is 586 g/mol. The zero-order valence-corrected chi connectivity index (χ0v) is 24.5. The number of aromatic amines is 1. The number of fused-ring (bicyclic) bond motifs is 1. The van der Waals surface area contributed by atoms with E-state index in [0.29, 0.717) is 36.4 Å². The summed E-state index contributed by atoms with van der Waals surface area (Å²) in [6.45, 7) is 7.52. The van der Waals surface area contributed by atoms with Gasteiger partial charge in [0.15, 0.2) is 6.61 Å². The van der Waals surface area contributed by atoms with Crippen molar-refractivity contribution in [3.63, 3.8) is 0 Å². The summed E-state index contributed by atoms with van der Waals surface area (Å²) < 4.78 is 14.1. The average molecular weight is 587 g/mol. The lowest BCUT2D eigenvalue weighted by atomic mass is 10.1. The van der Waals surface area contributed by atoms with Gasteiger partial charge >= 0.3 is 5.69 Å². The number of carbonyl (C=O) groups excluding carboxylic acids is 1. The van der Waals surface area contributed by atoms with Gasteiger partial charge in [0.2, 0.25) is 0 Å². The normalized spacial score (nSPS) is 16.1. The molecule has 1 N–H and O–H groups in total. The van der Waals surface area contributed by atoms with Gasteiger partial charge in [0.05, 0.1) is 18.7 Å². The maximum atomic E-state index is 13.0. The van der Waals surface area contributed by atoms with Crippen LogP contribution in [0.4, 0.5) is 5.69 Å². The van der Waals surface area contributed by atoms with E-state index in [1.54, 1.807) is 4.57 Å². The summed E-state index contributed by atoms with van der Waals surface area (Å²) in [5.74, 6) is 0.557. The first-order valence-corrected chi connectivity index (χ1v) is 14.9. The van der Waals surface area contributed by atoms with Gasteiger partial charge in [-0.3, -0.25) is 23.6 Å². The largest absolute Gasteiger partial charge is 0.484 e. The van der Waals surface area contributed by atoms with Crippen molar-refractivity contribution < 1.29 is 14.3 Å². The van der Waals surface area contributed by atoms with E-state index in [1.165, 1.54) is 12.7 Å². The zero-order chi connectivity index (χ0) is 29.8. The number of hydrogen-bond acceptors (Lipinski definition) is 7. The van der Waals surface area contributed by atoms with Crippen LogP contribution in [0.2, 0.25) is 0 Å². The Balaban J connectivity index is 1.08. The molecule has 43 heavy (non-hydrogen) atoms. The molecule has 1 amide bonds. The zero-order valence-electron chi connectivity index (χ0n) is 24.5. The molecular weight excluding hydrogens is 548 g/mol. The van der Waals surface area contributed by atoms with Crippen molar-refractivity contribution in [1.82, 2.24) is 23.9 Å². The summed E-state index contributed by atoms with van der Waals surface area (Å²) in [5, 5.41) is 0. The first-order valence-electron chi connectivity index (χ1n) is 14.9. The lowest BCUT2D eigenvalue weighted by Crippen LogP contribution is -2.50. The molecule has 0 aliphatic carbocycles. The quantitative estimate of drug-likeness (QED) is 0.321. The predicted molar refractivity (Wildman–Crippen MR) is 166 cm³/mol. The van der Waals surface area contributed by atoms with Crippen molar-refractivity contribution in [2.75, 3.05) is 70.5 Å². The second-order valence-electron chi connectivity index (χ2n) is 11.1. The van der Waals surface area contributed by atoms with Crippen molar-refractivity contribution in [3.8, 4) is 17.0 Å². The average Bonchev–Trinajstić information content (AvgIpc) is 3.51. The maximum Gasteiger partial charge on any atom is 0.331 e. The lowest BCUT2D eigenvalue weighted by molar-refractivity contribution is -0.133. The van der Waals surface area contributed by atoms with Crippen LogP contribution in [0.3, 0.4) is 0 Å². The van der Waals surface area contributed by atoms with Gasteiger partial charge in [0.25, 0.3) is 11.5 Å². The Morgan fingerprint density at radius 3 is 2.35 bits per heavy atom. The highest BCUT2D eigenvalue weighted by Crippen LogP contribution is 2.25. The molecule has 0 unspecified atom stereocenters. The fourth-order valence-electron chi connectivity index (χ4n) is 5.83. The summed E-state index contributed by atoms with van der Waals surface area (Å²) in [5.41, 5.74) is 3.09. The molecule has 2 aliphatic rings. The van der Waals surface area contributed by atoms with Gasteiger partial charge < -0.3 is 24.3 Å². The Morgan fingerprint density at radius 1 is 0.907 bits per heavy atom. The topological polar surface area (TPSA) is 105 Å². The Labute approximate surface area is 249 Å². The van der Waals surface area contributed by atoms with E-state index in [2.05, 4.69) is 26.9 Å². The van der Waals surface area contributed by atoms with Crippen LogP contribution in [0.15, 0.2) is 70.3 Å². The van der Waals surface area contributed by atoms with Gasteiger partial charge in [-0.2, -0.15) is 0 Å². The highest BCUT2D eigenvalue weighted by Gasteiger charge is 2.22. The summed E-state index contributed by atoms with van der Waals surface area (Å²) in [7, 11) is 1.51. The fraction of sp³-hybridized carbons (Fsp3) is 0.406. The highest BCUT2D eigenvalue weighted by molar-refractivity contribution is 5.82. The second-order valence-corrected chi connectivity index (χ2v) is 11.1. The van der Waals surface area contributed by atoms with Crippen LogP contribution in [0.5, 0.6) is 5.75 Å². The van der Waals surface area contributed by atoms with Crippen molar-refractivity contribution in [2.24, 2.45) is 7.05 Å². The number of ether oxygens (including phenoxy) is 2. The van der Waals surface area contributed by atoms with Crippen molar-refractivity contribution >= 4 is 22.6 Å². The molecule has 2 aromatic heterocycles. The van der Waals surface area contributed by atoms with E-state index >= 15 is 0 Å². The van der Waals surface area contributed by atoms with Crippen LogP contribution in [0, 0.1) is 0 Å². The Bertz CT molecular complexity index is 1660. The molecule has 2 saturated heterocycles. The molecule has 0 saturated carbocycles. The van der Waals surface area contributed by atoms with Gasteiger partial charge in [-0.05, 0) is 54.4 Å². The lowest BCUT2D eigenvalue weighted by Gasteiger charge is -2.36. The Kier molecular flexibility index (Phi) is 8.62. The van der Waals surface area contributed by atoms with Gasteiger partial charge in [-0.15, -0.1) is 0 Å². The van der Waals surface area contributed by atoms with E-state index in [4.69, 9.17) is 9.47 Å². The van der Waals surface area contributed by atoms with E-state index < -0.39 is 0 Å². The number of para-hydroxylation sites is 1. The molecule has 0 spiro atoms. The first-order chi connectivity index (χ1) is 21.0. The molecule has 226 valence electrons. The molecule has 4 aromatic rings. The SMILES string of the molecule is Cn1c(=O)c2[nH]c(-c3ccc(OCC(=O)N4CCN(c5ccccc5)CC4)cc3)cc2n(CCCN2CCOCC2)c1=O. The van der Waals surface area contributed by atoms with Crippen LogP contribution in [-0.4, -0.2) is 95.5 Å². The summed E-state index contributed by atoms with van der Waals surface area (Å²) >= 11 is 0. The number of rotatable bonds is 9. The van der Waals surface area contributed by atoms with Crippen molar-refractivity contribution in [3.05, 3.63) is 81.5 Å². The highest BCUT2D eigenvalue weighted by atomic mass is 16.5. The van der Waals surface area contributed by atoms with Crippen LogP contribution < -0.4 is 20.9 Å². The molecule has 6 rings (SSSR count). The molecule has 11 heteroatoms. The summed E-state index contributed by atoms with van der Waals surface area (Å²) in [4.78, 5) is 48.4. The number of aryl methyl sites for hydroxylation is 1. The molecule has 2 aliphatic heterocycles. The molecule has 0 bridgehead atoms. The molecule has 2 aromatic carbocycles. The van der Waals surface area contributed by atoms with Gasteiger partial charge in [0.1, 0.15) is 11.3 Å². The third-order valence-corrected chi connectivity index (χ3v) is 8.37. The Morgan fingerprint density at radius 2 is 1.63 bits per heavy atom. The molecular formula is C32H38N6O5. The number of nitrogens with zero attached hydrogens (tertiary/aromatic N) is 5. The number of amides is 1. The number of piperazine rings is 1. The molecule has 0 radical (unpaired) electrons. The summed E-state index contributed by atoms with van der Waals surface area (Å²) in [6.07, 6.45) is 0.793. The van der Waals surface area contributed by atoms with Gasteiger partial charge in [-0.1, -0.05) is 18.2 Å². The number of morpholine rings is 1. The van der Waals surface area contributed by atoms with Crippen molar-refractivity contribution in [2.45, 2.75) is 13.0 Å². The number of hydrogen-bond donors (Lipinski definition) is 1. The predicted octanol–water partition coefficient (Wildman–Crippen LogP) is 2.15. The van der Waals surface area contributed by atoms with Crippen LogP contribution >= 0.6 is 0 Å². The van der Waals surface area contributed by atoms with E-state index in [1.807, 2.05) is 53.4 Å². The number of anilines is 1. The second kappa shape index (κ2) is 12.9. The fourth-order valence-corrected chi connectivity index (χ4v) is 5.83. The number of H-pyrrole nitrogens is 1. The third-order valence-electron chi connectivity index (χ3n) is 8.37. The summed E-state index contributed by atoms with van der Waals surface area (Å²) in [6, 6.07) is 19.5. The third kappa shape index (κ3) is 6.37. The maximum absolute atomic E-state index is 13.0. The molecule has 4 heterocycles. The Hall–Kier alpha value is -4.35. The van der Waals surface area contributed by atoms with Crippen LogP contribution in [-0.2, 0) is 23.1 Å². The molecule has 0 atom stereocenters.